The predicted octanol–water partition coefficient (Wildman–Crippen LogP) is 6.20. The number of allylic oxidation sites excluding steroid dienone is 4. The van der Waals surface area contributed by atoms with E-state index in [4.69, 9.17) is 11.6 Å². The molecule has 0 spiro atoms. The number of hydrogen-bond donors (Lipinski definition) is 1. The van der Waals surface area contributed by atoms with Crippen LogP contribution >= 0.6 is 11.6 Å². The van der Waals surface area contributed by atoms with E-state index in [9.17, 15) is 13.5 Å². The first-order valence-corrected chi connectivity index (χ1v) is 13.5. The van der Waals surface area contributed by atoms with Gasteiger partial charge in [-0.25, -0.2) is 17.5 Å². The summed E-state index contributed by atoms with van der Waals surface area (Å²) in [7, 11) is -3.34. The highest BCUT2D eigenvalue weighted by molar-refractivity contribution is 7.90. The first-order chi connectivity index (χ1) is 16.3. The number of hydrogen-bond acceptors (Lipinski definition) is 4. The van der Waals surface area contributed by atoms with Crippen molar-refractivity contribution in [3.63, 3.8) is 0 Å². The van der Waals surface area contributed by atoms with Gasteiger partial charge in [0.05, 0.1) is 21.3 Å². The van der Waals surface area contributed by atoms with Gasteiger partial charge in [-0.2, -0.15) is 5.10 Å². The SMILES string of the molecule is CC1=C(c2c(Cl)c(C(C)(C)O)nn2-c2ccc(-c3cccc(S(C)(=O)=O)c3)c(C)c2)C(F)CC=C1. The summed E-state index contributed by atoms with van der Waals surface area (Å²) in [6, 6.07) is 12.4. The monoisotopic (exact) mass is 514 g/mol. The highest BCUT2D eigenvalue weighted by Crippen LogP contribution is 2.41. The van der Waals surface area contributed by atoms with E-state index in [2.05, 4.69) is 5.10 Å². The van der Waals surface area contributed by atoms with Crippen LogP contribution in [0.25, 0.3) is 22.4 Å². The highest BCUT2D eigenvalue weighted by Gasteiger charge is 2.33. The minimum Gasteiger partial charge on any atom is -0.384 e. The highest BCUT2D eigenvalue weighted by atomic mass is 35.5. The summed E-state index contributed by atoms with van der Waals surface area (Å²) in [6.45, 7) is 6.93. The molecule has 1 heterocycles. The van der Waals surface area contributed by atoms with Gasteiger partial charge in [-0.05, 0) is 74.2 Å². The number of aliphatic hydroxyl groups is 1. The van der Waals surface area contributed by atoms with Crippen molar-refractivity contribution in [3.8, 4) is 16.8 Å². The van der Waals surface area contributed by atoms with Gasteiger partial charge >= 0.3 is 0 Å². The van der Waals surface area contributed by atoms with Crippen LogP contribution in [-0.4, -0.2) is 35.7 Å². The molecule has 0 bridgehead atoms. The van der Waals surface area contributed by atoms with Crippen molar-refractivity contribution < 1.29 is 17.9 Å². The maximum absolute atomic E-state index is 15.1. The zero-order valence-electron chi connectivity index (χ0n) is 20.3. The van der Waals surface area contributed by atoms with E-state index in [1.807, 2.05) is 44.2 Å². The molecule has 5 nitrogen and oxygen atoms in total. The second-order valence-corrected chi connectivity index (χ2v) is 11.9. The summed E-state index contributed by atoms with van der Waals surface area (Å²) in [5.74, 6) is 0. The molecule has 0 amide bonds. The number of benzene rings is 2. The van der Waals surface area contributed by atoms with E-state index < -0.39 is 21.6 Å². The molecule has 35 heavy (non-hydrogen) atoms. The summed E-state index contributed by atoms with van der Waals surface area (Å²) in [4.78, 5) is 0.246. The quantitative estimate of drug-likeness (QED) is 0.439. The molecular weight excluding hydrogens is 487 g/mol. The Labute approximate surface area is 210 Å². The van der Waals surface area contributed by atoms with Crippen LogP contribution in [-0.2, 0) is 15.4 Å². The van der Waals surface area contributed by atoms with Gasteiger partial charge in [-0.15, -0.1) is 0 Å². The first-order valence-electron chi connectivity index (χ1n) is 11.2. The maximum atomic E-state index is 15.1. The molecule has 1 aliphatic carbocycles. The van der Waals surface area contributed by atoms with Crippen LogP contribution in [0.2, 0.25) is 5.02 Å². The number of aromatic nitrogens is 2. The Morgan fingerprint density at radius 3 is 2.49 bits per heavy atom. The third-order valence-corrected chi connectivity index (χ3v) is 7.61. The summed E-state index contributed by atoms with van der Waals surface area (Å²) in [6.07, 6.45) is 3.83. The van der Waals surface area contributed by atoms with Crippen molar-refractivity contribution in [2.75, 3.05) is 6.26 Å². The standard InChI is InChI=1S/C27H28ClFN2O3S/c1-16-8-6-11-22(29)23(16)25-24(28)26(27(3,4)32)30-31(25)19-12-13-21(17(2)14-19)18-9-7-10-20(15-18)35(5,33)34/h6-10,12-15,22,32H,11H2,1-5H3. The summed E-state index contributed by atoms with van der Waals surface area (Å²) in [5.41, 5.74) is 3.71. The molecule has 1 aromatic heterocycles. The van der Waals surface area contributed by atoms with Gasteiger partial charge in [0.15, 0.2) is 9.84 Å². The van der Waals surface area contributed by atoms with Gasteiger partial charge in [0.25, 0.3) is 0 Å². The molecule has 3 aromatic rings. The van der Waals surface area contributed by atoms with E-state index in [0.29, 0.717) is 17.0 Å². The minimum absolute atomic E-state index is 0.215. The van der Waals surface area contributed by atoms with Gasteiger partial charge in [-0.1, -0.05) is 42.0 Å². The fourth-order valence-electron chi connectivity index (χ4n) is 4.36. The molecule has 0 saturated heterocycles. The van der Waals surface area contributed by atoms with Crippen LogP contribution in [0.1, 0.15) is 44.1 Å². The minimum atomic E-state index is -3.34. The molecule has 1 N–H and O–H groups in total. The van der Waals surface area contributed by atoms with Gasteiger partial charge in [0.2, 0.25) is 0 Å². The third kappa shape index (κ3) is 4.85. The van der Waals surface area contributed by atoms with Crippen LogP contribution < -0.4 is 0 Å². The number of halogens is 2. The fraction of sp³-hybridized carbons (Fsp3) is 0.296. The lowest BCUT2D eigenvalue weighted by Gasteiger charge is -2.20. The van der Waals surface area contributed by atoms with Crippen LogP contribution in [0, 0.1) is 6.92 Å². The lowest BCUT2D eigenvalue weighted by molar-refractivity contribution is 0.0735. The Hall–Kier alpha value is -2.74. The zero-order chi connectivity index (χ0) is 25.7. The van der Waals surface area contributed by atoms with Crippen molar-refractivity contribution in [2.45, 2.75) is 50.8 Å². The van der Waals surface area contributed by atoms with E-state index >= 15 is 4.39 Å². The predicted molar refractivity (Wildman–Crippen MR) is 138 cm³/mol. The largest absolute Gasteiger partial charge is 0.384 e. The normalized spacial score (nSPS) is 16.7. The van der Waals surface area contributed by atoms with Crippen molar-refractivity contribution in [1.29, 1.82) is 0 Å². The number of sulfone groups is 1. The van der Waals surface area contributed by atoms with Crippen molar-refractivity contribution in [2.24, 2.45) is 0 Å². The summed E-state index contributed by atoms with van der Waals surface area (Å²) in [5, 5.41) is 15.5. The number of rotatable bonds is 5. The van der Waals surface area contributed by atoms with Crippen LogP contribution in [0.3, 0.4) is 0 Å². The molecule has 184 valence electrons. The van der Waals surface area contributed by atoms with E-state index in [0.717, 1.165) is 22.3 Å². The van der Waals surface area contributed by atoms with Crippen molar-refractivity contribution in [3.05, 3.63) is 82.2 Å². The van der Waals surface area contributed by atoms with Crippen molar-refractivity contribution >= 4 is 27.0 Å². The second-order valence-electron chi connectivity index (χ2n) is 9.48. The molecule has 2 aromatic carbocycles. The van der Waals surface area contributed by atoms with Gasteiger partial charge in [0, 0.05) is 18.2 Å². The average molecular weight is 515 g/mol. The van der Waals surface area contributed by atoms with E-state index in [-0.39, 0.29) is 22.0 Å². The van der Waals surface area contributed by atoms with Crippen LogP contribution in [0.4, 0.5) is 4.39 Å². The van der Waals surface area contributed by atoms with Crippen LogP contribution in [0.15, 0.2) is 65.1 Å². The zero-order valence-corrected chi connectivity index (χ0v) is 21.9. The molecule has 0 aliphatic heterocycles. The smallest absolute Gasteiger partial charge is 0.175 e. The maximum Gasteiger partial charge on any atom is 0.175 e. The van der Waals surface area contributed by atoms with E-state index in [1.54, 1.807) is 42.8 Å². The molecule has 4 rings (SSSR count). The first kappa shape index (κ1) is 25.4. The topological polar surface area (TPSA) is 72.2 Å². The molecule has 0 radical (unpaired) electrons. The number of aryl methyl sites for hydroxylation is 1. The van der Waals surface area contributed by atoms with Crippen LogP contribution in [0.5, 0.6) is 0 Å². The third-order valence-electron chi connectivity index (χ3n) is 6.14. The molecule has 0 saturated carbocycles. The van der Waals surface area contributed by atoms with Gasteiger partial charge in [0.1, 0.15) is 17.5 Å². The molecule has 8 heteroatoms. The number of alkyl halides is 1. The lowest BCUT2D eigenvalue weighted by atomic mass is 9.93. The summed E-state index contributed by atoms with van der Waals surface area (Å²) < 4.78 is 40.8. The molecule has 1 aliphatic rings. The molecular formula is C27H28ClFN2O3S. The van der Waals surface area contributed by atoms with E-state index in [1.165, 1.54) is 6.26 Å². The Morgan fingerprint density at radius 2 is 1.89 bits per heavy atom. The Balaban J connectivity index is 1.90. The fourth-order valence-corrected chi connectivity index (χ4v) is 5.48. The van der Waals surface area contributed by atoms with Gasteiger partial charge < -0.3 is 5.11 Å². The molecule has 0 fully saturated rings. The second kappa shape index (κ2) is 9.04. The Morgan fingerprint density at radius 1 is 1.17 bits per heavy atom. The van der Waals surface area contributed by atoms with Crippen molar-refractivity contribution in [1.82, 2.24) is 9.78 Å². The van der Waals surface area contributed by atoms with Gasteiger partial charge in [-0.3, -0.25) is 0 Å². The number of nitrogens with zero attached hydrogens (tertiary/aromatic N) is 2. The Kier molecular flexibility index (Phi) is 6.55. The lowest BCUT2D eigenvalue weighted by Crippen LogP contribution is -2.17. The Bertz CT molecular complexity index is 1480. The molecule has 1 unspecified atom stereocenters. The molecule has 1 atom stereocenters. The average Bonchev–Trinajstić information content (AvgIpc) is 3.10. The summed E-state index contributed by atoms with van der Waals surface area (Å²) >= 11 is 6.73.